The van der Waals surface area contributed by atoms with Gasteiger partial charge in [0.25, 0.3) is 0 Å². The Morgan fingerprint density at radius 3 is 2.71 bits per heavy atom. The van der Waals surface area contributed by atoms with E-state index in [4.69, 9.17) is 14.2 Å². The van der Waals surface area contributed by atoms with Crippen LogP contribution in [0, 0.1) is 25.2 Å². The van der Waals surface area contributed by atoms with Gasteiger partial charge in [0.1, 0.15) is 23.2 Å². The molecule has 0 atom stereocenters. The lowest BCUT2D eigenvalue weighted by Gasteiger charge is -2.27. The molecule has 6 rings (SSSR count). The van der Waals surface area contributed by atoms with E-state index in [0.29, 0.717) is 28.5 Å². The van der Waals surface area contributed by atoms with Crippen LogP contribution in [0.15, 0.2) is 59.5 Å². The van der Waals surface area contributed by atoms with Crippen LogP contribution < -0.4 is 4.74 Å². The van der Waals surface area contributed by atoms with E-state index < -0.39 is 5.97 Å². The molecule has 1 aliphatic carbocycles. The average Bonchev–Trinajstić information content (AvgIpc) is 3.44. The molecule has 0 unspecified atom stereocenters. The lowest BCUT2D eigenvalue weighted by atomic mass is 9.95. The number of hydrogen-bond acceptors (Lipinski definition) is 7. The molecule has 9 nitrogen and oxygen atoms in total. The zero-order chi connectivity index (χ0) is 26.4. The van der Waals surface area contributed by atoms with E-state index in [1.54, 1.807) is 47.3 Å². The van der Waals surface area contributed by atoms with Crippen molar-refractivity contribution in [3.8, 4) is 39.9 Å². The van der Waals surface area contributed by atoms with Crippen molar-refractivity contribution in [1.82, 2.24) is 19.7 Å². The fourth-order valence-corrected chi connectivity index (χ4v) is 4.84. The van der Waals surface area contributed by atoms with Gasteiger partial charge in [0.15, 0.2) is 5.82 Å². The van der Waals surface area contributed by atoms with Crippen molar-refractivity contribution in [3.63, 3.8) is 0 Å². The summed E-state index contributed by atoms with van der Waals surface area (Å²) in [6.45, 7) is 3.73. The van der Waals surface area contributed by atoms with Crippen molar-refractivity contribution < 1.29 is 19.2 Å². The molecule has 1 aromatic carbocycles. The summed E-state index contributed by atoms with van der Waals surface area (Å²) in [5.41, 5.74) is 5.11. The van der Waals surface area contributed by atoms with Crippen molar-refractivity contribution in [3.05, 3.63) is 77.6 Å². The SMILES string of the molecule is Cc1noc(C)c1-c1cnc2c(c1)c(-c1ccc(C(=O)O)cc1OC1CCC1)cn2-c1ncccc1C#N. The van der Waals surface area contributed by atoms with Crippen LogP contribution in [-0.4, -0.2) is 36.9 Å². The topological polar surface area (TPSA) is 127 Å². The van der Waals surface area contributed by atoms with E-state index in [2.05, 4.69) is 16.2 Å². The number of carboxylic acids is 1. The number of hydrogen-bond donors (Lipinski definition) is 1. The first kappa shape index (κ1) is 23.4. The second-order valence-corrected chi connectivity index (χ2v) is 9.38. The van der Waals surface area contributed by atoms with E-state index in [-0.39, 0.29) is 11.7 Å². The lowest BCUT2D eigenvalue weighted by molar-refractivity contribution is 0.0695. The Kier molecular flexibility index (Phi) is 5.65. The van der Waals surface area contributed by atoms with Crippen molar-refractivity contribution in [2.45, 2.75) is 39.2 Å². The van der Waals surface area contributed by atoms with Gasteiger partial charge in [-0.25, -0.2) is 14.8 Å². The molecule has 1 N–H and O–H groups in total. The highest BCUT2D eigenvalue weighted by molar-refractivity contribution is 6.00. The Labute approximate surface area is 217 Å². The molecule has 0 amide bonds. The zero-order valence-corrected chi connectivity index (χ0v) is 20.8. The molecular weight excluding hydrogens is 482 g/mol. The number of ether oxygens (including phenoxy) is 1. The quantitative estimate of drug-likeness (QED) is 0.304. The van der Waals surface area contributed by atoms with Crippen LogP contribution in [0.5, 0.6) is 5.75 Å². The number of aromatic nitrogens is 4. The summed E-state index contributed by atoms with van der Waals surface area (Å²) in [6.07, 6.45) is 8.24. The molecule has 1 fully saturated rings. The number of aromatic carboxylic acids is 1. The van der Waals surface area contributed by atoms with Crippen LogP contribution in [0.25, 0.3) is 39.1 Å². The Bertz CT molecular complexity index is 1740. The number of rotatable bonds is 6. The highest BCUT2D eigenvalue weighted by atomic mass is 16.5. The normalized spacial score (nSPS) is 13.3. The van der Waals surface area contributed by atoms with Gasteiger partial charge in [-0.2, -0.15) is 5.26 Å². The van der Waals surface area contributed by atoms with Gasteiger partial charge >= 0.3 is 5.97 Å². The maximum absolute atomic E-state index is 11.8. The monoisotopic (exact) mass is 505 g/mol. The number of nitriles is 1. The summed E-state index contributed by atoms with van der Waals surface area (Å²) in [7, 11) is 0. The lowest BCUT2D eigenvalue weighted by Crippen LogP contribution is -2.24. The molecule has 0 radical (unpaired) electrons. The number of pyridine rings is 2. The van der Waals surface area contributed by atoms with Crippen LogP contribution in [0.2, 0.25) is 0 Å². The number of nitrogens with zero attached hydrogens (tertiary/aromatic N) is 5. The molecule has 0 bridgehead atoms. The minimum Gasteiger partial charge on any atom is -0.490 e. The number of carbonyl (C=O) groups is 1. The van der Waals surface area contributed by atoms with E-state index in [0.717, 1.165) is 52.6 Å². The summed E-state index contributed by atoms with van der Waals surface area (Å²) in [4.78, 5) is 21.0. The Morgan fingerprint density at radius 2 is 2.03 bits per heavy atom. The average molecular weight is 506 g/mol. The number of aryl methyl sites for hydroxylation is 2. The van der Waals surface area contributed by atoms with Gasteiger partial charge in [0.05, 0.1) is 22.9 Å². The summed E-state index contributed by atoms with van der Waals surface area (Å²) >= 11 is 0. The summed E-state index contributed by atoms with van der Waals surface area (Å²) < 4.78 is 13.5. The van der Waals surface area contributed by atoms with E-state index in [1.807, 2.05) is 26.1 Å². The first-order valence-corrected chi connectivity index (χ1v) is 12.3. The Morgan fingerprint density at radius 1 is 1.18 bits per heavy atom. The van der Waals surface area contributed by atoms with Gasteiger partial charge < -0.3 is 14.4 Å². The summed E-state index contributed by atoms with van der Waals surface area (Å²) in [6, 6.07) is 12.6. The molecule has 1 saturated carbocycles. The predicted octanol–water partition coefficient (Wildman–Crippen LogP) is 5.86. The number of fused-ring (bicyclic) bond motifs is 1. The highest BCUT2D eigenvalue weighted by Gasteiger charge is 2.25. The molecule has 188 valence electrons. The van der Waals surface area contributed by atoms with E-state index >= 15 is 0 Å². The van der Waals surface area contributed by atoms with Crippen molar-refractivity contribution in [1.29, 1.82) is 5.26 Å². The highest BCUT2D eigenvalue weighted by Crippen LogP contribution is 2.41. The van der Waals surface area contributed by atoms with Crippen LogP contribution in [-0.2, 0) is 0 Å². The summed E-state index contributed by atoms with van der Waals surface area (Å²) in [5, 5.41) is 24.3. The Balaban J connectivity index is 1.63. The van der Waals surface area contributed by atoms with Gasteiger partial charge in [-0.15, -0.1) is 0 Å². The van der Waals surface area contributed by atoms with Crippen molar-refractivity contribution in [2.75, 3.05) is 0 Å². The fourth-order valence-electron chi connectivity index (χ4n) is 4.84. The van der Waals surface area contributed by atoms with Crippen molar-refractivity contribution >= 4 is 17.0 Å². The van der Waals surface area contributed by atoms with Gasteiger partial charge in [-0.05, 0) is 69.5 Å². The van der Waals surface area contributed by atoms with Crippen LogP contribution in [0.3, 0.4) is 0 Å². The van der Waals surface area contributed by atoms with Crippen molar-refractivity contribution in [2.24, 2.45) is 0 Å². The van der Waals surface area contributed by atoms with Crippen LogP contribution in [0.1, 0.15) is 46.6 Å². The maximum atomic E-state index is 11.8. The molecule has 4 aromatic heterocycles. The second kappa shape index (κ2) is 9.16. The van der Waals surface area contributed by atoms with E-state index in [9.17, 15) is 15.2 Å². The Hall–Kier alpha value is -4.97. The van der Waals surface area contributed by atoms with Gasteiger partial charge in [0.2, 0.25) is 0 Å². The minimum absolute atomic E-state index is 0.0446. The molecule has 0 aliphatic heterocycles. The molecule has 4 heterocycles. The first-order chi connectivity index (χ1) is 18.4. The first-order valence-electron chi connectivity index (χ1n) is 12.3. The molecule has 5 aromatic rings. The number of carboxylic acid groups (broad SMARTS) is 1. The standard InChI is InChI=1S/C29H23N5O4/c1-16-26(17(2)38-33-16)20-11-23-24(15-34(28(23)32-14-20)27-19(13-30)5-4-10-31-27)22-9-8-18(29(35)36)12-25(22)37-21-6-3-7-21/h4-5,8-12,14-15,21H,3,6-7H2,1-2H3,(H,35,36). The smallest absolute Gasteiger partial charge is 0.335 e. The second-order valence-electron chi connectivity index (χ2n) is 9.38. The van der Waals surface area contributed by atoms with Crippen LogP contribution >= 0.6 is 0 Å². The largest absolute Gasteiger partial charge is 0.490 e. The summed E-state index contributed by atoms with van der Waals surface area (Å²) in [5.74, 6) is 0.610. The maximum Gasteiger partial charge on any atom is 0.335 e. The molecule has 0 saturated heterocycles. The van der Waals surface area contributed by atoms with Gasteiger partial charge in [0, 0.05) is 46.2 Å². The van der Waals surface area contributed by atoms with Gasteiger partial charge in [-0.3, -0.25) is 4.57 Å². The minimum atomic E-state index is -1.02. The predicted molar refractivity (Wildman–Crippen MR) is 139 cm³/mol. The molecule has 1 aliphatic rings. The number of benzene rings is 1. The third kappa shape index (κ3) is 3.87. The van der Waals surface area contributed by atoms with Crippen LogP contribution in [0.4, 0.5) is 0 Å². The third-order valence-corrected chi connectivity index (χ3v) is 6.97. The molecular formula is C29H23N5O4. The third-order valence-electron chi connectivity index (χ3n) is 6.97. The fraction of sp³-hybridized carbons (Fsp3) is 0.207. The van der Waals surface area contributed by atoms with E-state index in [1.165, 1.54) is 0 Å². The molecule has 0 spiro atoms. The zero-order valence-electron chi connectivity index (χ0n) is 20.8. The molecule has 38 heavy (non-hydrogen) atoms. The molecule has 9 heteroatoms. The van der Waals surface area contributed by atoms with Gasteiger partial charge in [-0.1, -0.05) is 5.16 Å².